The van der Waals surface area contributed by atoms with Crippen LogP contribution in [0.5, 0.6) is 0 Å². The molecule has 0 radical (unpaired) electrons. The highest BCUT2D eigenvalue weighted by Crippen LogP contribution is 2.51. The first kappa shape index (κ1) is 32.5. The van der Waals surface area contributed by atoms with Crippen molar-refractivity contribution in [1.29, 1.82) is 0 Å². The molecule has 0 unspecified atom stereocenters. The third-order valence-electron chi connectivity index (χ3n) is 12.2. The predicted molar refractivity (Wildman–Crippen MR) is 240 cm³/mol. The van der Waals surface area contributed by atoms with Gasteiger partial charge in [-0.3, -0.25) is 0 Å². The van der Waals surface area contributed by atoms with E-state index >= 15 is 0 Å². The highest BCUT2D eigenvalue weighted by molar-refractivity contribution is 6.21. The molecule has 10 aromatic rings. The molecule has 0 heterocycles. The number of anilines is 3. The summed E-state index contributed by atoms with van der Waals surface area (Å²) in [6, 6.07) is 74.1. The molecule has 0 aromatic heterocycles. The van der Waals surface area contributed by atoms with Crippen molar-refractivity contribution in [1.82, 2.24) is 0 Å². The molecule has 0 bridgehead atoms. The number of nitrogens with zero attached hydrogens (tertiary/aromatic N) is 1. The third-order valence-corrected chi connectivity index (χ3v) is 12.2. The monoisotopic (exact) mass is 713 g/mol. The van der Waals surface area contributed by atoms with Crippen LogP contribution in [0.1, 0.15) is 25.0 Å². The van der Waals surface area contributed by atoms with Crippen molar-refractivity contribution < 1.29 is 0 Å². The van der Waals surface area contributed by atoms with Crippen molar-refractivity contribution in [3.05, 3.63) is 211 Å². The quantitative estimate of drug-likeness (QED) is 0.161. The van der Waals surface area contributed by atoms with Crippen molar-refractivity contribution in [2.45, 2.75) is 19.3 Å². The maximum Gasteiger partial charge on any atom is 0.0468 e. The van der Waals surface area contributed by atoms with E-state index < -0.39 is 0 Å². The van der Waals surface area contributed by atoms with Crippen LogP contribution in [-0.4, -0.2) is 0 Å². The Bertz CT molecular complexity index is 3170. The Kier molecular flexibility index (Phi) is 7.28. The fourth-order valence-corrected chi connectivity index (χ4v) is 9.38. The number of hydrogen-bond donors (Lipinski definition) is 0. The van der Waals surface area contributed by atoms with E-state index in [0.717, 1.165) is 17.1 Å². The van der Waals surface area contributed by atoms with Crippen molar-refractivity contribution >= 4 is 60.2 Å². The van der Waals surface area contributed by atoms with Gasteiger partial charge in [-0.25, -0.2) is 0 Å². The Balaban J connectivity index is 1.08. The maximum atomic E-state index is 2.43. The minimum absolute atomic E-state index is 0.0547. The summed E-state index contributed by atoms with van der Waals surface area (Å²) in [6.45, 7) is 4.69. The number of rotatable bonds is 5. The summed E-state index contributed by atoms with van der Waals surface area (Å²) in [5.74, 6) is 0. The van der Waals surface area contributed by atoms with E-state index in [1.54, 1.807) is 0 Å². The van der Waals surface area contributed by atoms with Crippen molar-refractivity contribution in [2.75, 3.05) is 4.90 Å². The smallest absolute Gasteiger partial charge is 0.0468 e. The van der Waals surface area contributed by atoms with E-state index in [9.17, 15) is 0 Å². The molecular weight excluding hydrogens is 675 g/mol. The number of fused-ring (bicyclic) bond motifs is 9. The van der Waals surface area contributed by atoms with Gasteiger partial charge in [0, 0.05) is 22.5 Å². The molecule has 10 aromatic carbocycles. The third kappa shape index (κ3) is 5.08. The summed E-state index contributed by atoms with van der Waals surface area (Å²) < 4.78 is 0. The molecule has 1 aliphatic rings. The fourth-order valence-electron chi connectivity index (χ4n) is 9.38. The van der Waals surface area contributed by atoms with Crippen LogP contribution in [0, 0.1) is 0 Å². The Morgan fingerprint density at radius 1 is 0.304 bits per heavy atom. The van der Waals surface area contributed by atoms with Crippen LogP contribution in [0.4, 0.5) is 17.1 Å². The van der Waals surface area contributed by atoms with Gasteiger partial charge < -0.3 is 4.90 Å². The van der Waals surface area contributed by atoms with Crippen LogP contribution in [-0.2, 0) is 5.41 Å². The highest BCUT2D eigenvalue weighted by atomic mass is 15.1. The van der Waals surface area contributed by atoms with Gasteiger partial charge in [0.25, 0.3) is 0 Å². The van der Waals surface area contributed by atoms with E-state index in [-0.39, 0.29) is 5.41 Å². The summed E-state index contributed by atoms with van der Waals surface area (Å²) in [5.41, 5.74) is 13.6. The minimum atomic E-state index is -0.0547. The maximum absolute atomic E-state index is 2.43. The standard InChI is InChI=1S/C55H39N/c1-55(2)53-21-10-9-20-49(53)52-34-44(29-31-54(52)55)56(43-16-11-15-40(33-43)41-23-22-36-12-3-4-14-39(36)32-41)42-27-24-38(25-28-42)50-35-51-45-17-6-5-13-37(45)26-30-48(51)46-18-7-8-19-47(46)50/h3-35H,1-2H3. The average Bonchev–Trinajstić information content (AvgIpc) is 3.48. The summed E-state index contributed by atoms with van der Waals surface area (Å²) in [7, 11) is 0. The molecule has 11 rings (SSSR count). The molecule has 56 heavy (non-hydrogen) atoms. The first-order chi connectivity index (χ1) is 27.5. The Hall–Kier alpha value is -6.96. The summed E-state index contributed by atoms with van der Waals surface area (Å²) in [4.78, 5) is 2.43. The summed E-state index contributed by atoms with van der Waals surface area (Å²) in [5, 5.41) is 10.2. The van der Waals surface area contributed by atoms with Gasteiger partial charge in [0.15, 0.2) is 0 Å². The largest absolute Gasteiger partial charge is 0.310 e. The topological polar surface area (TPSA) is 3.24 Å². The lowest BCUT2D eigenvalue weighted by molar-refractivity contribution is 0.660. The Morgan fingerprint density at radius 2 is 0.911 bits per heavy atom. The molecule has 1 nitrogen and oxygen atoms in total. The van der Waals surface area contributed by atoms with Crippen LogP contribution in [0.15, 0.2) is 200 Å². The van der Waals surface area contributed by atoms with Gasteiger partial charge in [0.2, 0.25) is 0 Å². The zero-order chi connectivity index (χ0) is 37.4. The van der Waals surface area contributed by atoms with Crippen LogP contribution >= 0.6 is 0 Å². The van der Waals surface area contributed by atoms with Gasteiger partial charge in [0.1, 0.15) is 0 Å². The molecule has 0 atom stereocenters. The lowest BCUT2D eigenvalue weighted by Crippen LogP contribution is -2.15. The molecule has 1 heteroatoms. The number of hydrogen-bond acceptors (Lipinski definition) is 1. The van der Waals surface area contributed by atoms with Crippen molar-refractivity contribution in [2.24, 2.45) is 0 Å². The van der Waals surface area contributed by atoms with E-state index in [2.05, 4.69) is 219 Å². The predicted octanol–water partition coefficient (Wildman–Crippen LogP) is 15.4. The van der Waals surface area contributed by atoms with Crippen LogP contribution < -0.4 is 4.90 Å². The molecule has 0 amide bonds. The van der Waals surface area contributed by atoms with Crippen LogP contribution in [0.2, 0.25) is 0 Å². The van der Waals surface area contributed by atoms with Gasteiger partial charge in [-0.1, -0.05) is 166 Å². The summed E-state index contributed by atoms with van der Waals surface area (Å²) >= 11 is 0. The van der Waals surface area contributed by atoms with E-state index in [0.29, 0.717) is 0 Å². The normalized spacial score (nSPS) is 13.0. The highest BCUT2D eigenvalue weighted by Gasteiger charge is 2.35. The van der Waals surface area contributed by atoms with Crippen molar-refractivity contribution in [3.63, 3.8) is 0 Å². The second-order valence-corrected chi connectivity index (χ2v) is 15.7. The molecule has 0 N–H and O–H groups in total. The zero-order valence-corrected chi connectivity index (χ0v) is 31.5. The second-order valence-electron chi connectivity index (χ2n) is 15.7. The molecular formula is C55H39N. The van der Waals surface area contributed by atoms with Gasteiger partial charge in [-0.15, -0.1) is 0 Å². The van der Waals surface area contributed by atoms with E-state index in [1.165, 1.54) is 87.6 Å². The molecule has 0 spiro atoms. The lowest BCUT2D eigenvalue weighted by Gasteiger charge is -2.28. The molecule has 0 fully saturated rings. The molecule has 264 valence electrons. The van der Waals surface area contributed by atoms with E-state index in [4.69, 9.17) is 0 Å². The second kappa shape index (κ2) is 12.5. The van der Waals surface area contributed by atoms with Crippen LogP contribution in [0.25, 0.3) is 76.5 Å². The van der Waals surface area contributed by atoms with Gasteiger partial charge in [-0.2, -0.15) is 0 Å². The Labute approximate surface area is 327 Å². The molecule has 0 saturated heterocycles. The Morgan fingerprint density at radius 3 is 1.77 bits per heavy atom. The number of benzene rings is 10. The van der Waals surface area contributed by atoms with Crippen molar-refractivity contribution in [3.8, 4) is 33.4 Å². The average molecular weight is 714 g/mol. The minimum Gasteiger partial charge on any atom is -0.310 e. The lowest BCUT2D eigenvalue weighted by atomic mass is 9.82. The summed E-state index contributed by atoms with van der Waals surface area (Å²) in [6.07, 6.45) is 0. The van der Waals surface area contributed by atoms with Gasteiger partial charge in [0.05, 0.1) is 0 Å². The van der Waals surface area contributed by atoms with Gasteiger partial charge >= 0.3 is 0 Å². The molecule has 1 aliphatic carbocycles. The SMILES string of the molecule is CC1(C)c2ccccc2-c2cc(N(c3ccc(-c4cc5c6ccccc6ccc5c5ccccc45)cc3)c3cccc(-c4ccc5ccccc5c4)c3)ccc21. The first-order valence-electron chi connectivity index (χ1n) is 19.6. The fraction of sp³-hybridized carbons (Fsp3) is 0.0545. The molecule has 0 aliphatic heterocycles. The van der Waals surface area contributed by atoms with Crippen LogP contribution in [0.3, 0.4) is 0 Å². The first-order valence-corrected chi connectivity index (χ1v) is 19.6. The van der Waals surface area contributed by atoms with E-state index in [1.807, 2.05) is 0 Å². The molecule has 0 saturated carbocycles. The van der Waals surface area contributed by atoms with Gasteiger partial charge in [-0.05, 0) is 136 Å². The zero-order valence-electron chi connectivity index (χ0n) is 31.5.